The molecule has 2 atom stereocenters. The van der Waals surface area contributed by atoms with E-state index in [4.69, 9.17) is 9.47 Å². The van der Waals surface area contributed by atoms with Crippen molar-refractivity contribution in [3.8, 4) is 11.5 Å². The Morgan fingerprint density at radius 3 is 2.38 bits per heavy atom. The lowest BCUT2D eigenvalue weighted by molar-refractivity contribution is -0.163. The number of benzene rings is 1. The van der Waals surface area contributed by atoms with Crippen LogP contribution in [0.4, 0.5) is 0 Å². The summed E-state index contributed by atoms with van der Waals surface area (Å²) in [7, 11) is 0. The van der Waals surface area contributed by atoms with Crippen molar-refractivity contribution in [3.05, 3.63) is 24.3 Å². The number of rotatable bonds is 4. The molecule has 0 radical (unpaired) electrons. The van der Waals surface area contributed by atoms with Crippen LogP contribution in [0.1, 0.15) is 51.9 Å². The molecule has 0 heterocycles. The van der Waals surface area contributed by atoms with Gasteiger partial charge >= 0.3 is 0 Å². The summed E-state index contributed by atoms with van der Waals surface area (Å²) in [6.45, 7) is 2.62. The van der Waals surface area contributed by atoms with Crippen LogP contribution in [0.5, 0.6) is 11.5 Å². The van der Waals surface area contributed by atoms with Crippen LogP contribution in [0.25, 0.3) is 0 Å². The Bertz CT molecular complexity index is 463. The first-order valence-corrected chi connectivity index (χ1v) is 8.33. The Morgan fingerprint density at radius 1 is 1.10 bits per heavy atom. The quantitative estimate of drug-likeness (QED) is 0.913. The highest BCUT2D eigenvalue weighted by Crippen LogP contribution is 2.53. The van der Waals surface area contributed by atoms with E-state index in [-0.39, 0.29) is 17.6 Å². The fraction of sp³-hybridized carbons (Fsp3) is 0.667. The van der Waals surface area contributed by atoms with Gasteiger partial charge in [0.05, 0.1) is 12.7 Å². The summed E-state index contributed by atoms with van der Waals surface area (Å²) < 4.78 is 11.9. The summed E-state index contributed by atoms with van der Waals surface area (Å²) in [6, 6.07) is 7.87. The second-order valence-electron chi connectivity index (χ2n) is 6.39. The molecular formula is C18H26O3. The van der Waals surface area contributed by atoms with Crippen molar-refractivity contribution in [3.63, 3.8) is 0 Å². The van der Waals surface area contributed by atoms with Gasteiger partial charge in [-0.05, 0) is 31.9 Å². The topological polar surface area (TPSA) is 38.7 Å². The van der Waals surface area contributed by atoms with Crippen molar-refractivity contribution in [1.82, 2.24) is 0 Å². The zero-order valence-electron chi connectivity index (χ0n) is 12.9. The SMILES string of the molecule is CCOc1ccccc1OC1CC(O)C12CCCCCC2. The summed E-state index contributed by atoms with van der Waals surface area (Å²) in [5, 5.41) is 10.4. The molecule has 1 spiro atoms. The molecule has 0 amide bonds. The van der Waals surface area contributed by atoms with Crippen LogP contribution in [-0.2, 0) is 0 Å². The molecule has 2 aliphatic rings. The second kappa shape index (κ2) is 6.27. The lowest BCUT2D eigenvalue weighted by Crippen LogP contribution is -2.59. The maximum atomic E-state index is 10.4. The van der Waals surface area contributed by atoms with E-state index in [1.807, 2.05) is 31.2 Å². The van der Waals surface area contributed by atoms with Gasteiger partial charge in [0.1, 0.15) is 6.10 Å². The number of aliphatic hydroxyl groups excluding tert-OH is 1. The van der Waals surface area contributed by atoms with Gasteiger partial charge in [-0.2, -0.15) is 0 Å². The molecular weight excluding hydrogens is 264 g/mol. The molecule has 3 rings (SSSR count). The predicted octanol–water partition coefficient (Wildman–Crippen LogP) is 3.94. The first-order chi connectivity index (χ1) is 10.3. The molecule has 3 heteroatoms. The third kappa shape index (κ3) is 2.76. The van der Waals surface area contributed by atoms with Crippen molar-refractivity contribution in [2.75, 3.05) is 6.61 Å². The van der Waals surface area contributed by atoms with Gasteiger partial charge in [-0.1, -0.05) is 37.8 Å². The number of ether oxygens (including phenoxy) is 2. The molecule has 0 saturated heterocycles. The molecule has 2 unspecified atom stereocenters. The van der Waals surface area contributed by atoms with Gasteiger partial charge in [0.15, 0.2) is 11.5 Å². The Kier molecular flexibility index (Phi) is 4.39. The van der Waals surface area contributed by atoms with E-state index < -0.39 is 0 Å². The molecule has 1 aromatic rings. The molecule has 1 aromatic carbocycles. The Balaban J connectivity index is 1.75. The van der Waals surface area contributed by atoms with Crippen molar-refractivity contribution in [2.24, 2.45) is 5.41 Å². The zero-order chi connectivity index (χ0) is 14.7. The minimum absolute atomic E-state index is 0.0180. The van der Waals surface area contributed by atoms with Gasteiger partial charge in [0, 0.05) is 11.8 Å². The first-order valence-electron chi connectivity index (χ1n) is 8.33. The number of para-hydroxylation sites is 2. The van der Waals surface area contributed by atoms with Crippen LogP contribution in [0.15, 0.2) is 24.3 Å². The molecule has 3 nitrogen and oxygen atoms in total. The van der Waals surface area contributed by atoms with Gasteiger partial charge in [-0.15, -0.1) is 0 Å². The monoisotopic (exact) mass is 290 g/mol. The summed E-state index contributed by atoms with van der Waals surface area (Å²) in [5.41, 5.74) is -0.0180. The Morgan fingerprint density at radius 2 is 1.76 bits per heavy atom. The summed E-state index contributed by atoms with van der Waals surface area (Å²) in [5.74, 6) is 1.63. The van der Waals surface area contributed by atoms with Gasteiger partial charge in [0.2, 0.25) is 0 Å². The maximum Gasteiger partial charge on any atom is 0.161 e. The van der Waals surface area contributed by atoms with E-state index in [1.54, 1.807) is 0 Å². The van der Waals surface area contributed by atoms with E-state index in [1.165, 1.54) is 25.7 Å². The third-order valence-corrected chi connectivity index (χ3v) is 5.19. The Hall–Kier alpha value is -1.22. The molecule has 21 heavy (non-hydrogen) atoms. The van der Waals surface area contributed by atoms with Crippen LogP contribution in [0, 0.1) is 5.41 Å². The van der Waals surface area contributed by atoms with Crippen LogP contribution in [0.2, 0.25) is 0 Å². The maximum absolute atomic E-state index is 10.4. The summed E-state index contributed by atoms with van der Waals surface area (Å²) in [6.07, 6.45) is 7.87. The first kappa shape index (κ1) is 14.7. The van der Waals surface area contributed by atoms with Crippen LogP contribution >= 0.6 is 0 Å². The van der Waals surface area contributed by atoms with E-state index in [0.29, 0.717) is 6.61 Å². The van der Waals surface area contributed by atoms with Gasteiger partial charge < -0.3 is 14.6 Å². The van der Waals surface area contributed by atoms with Gasteiger partial charge in [0.25, 0.3) is 0 Å². The van der Waals surface area contributed by atoms with E-state index in [2.05, 4.69) is 0 Å². The lowest BCUT2D eigenvalue weighted by Gasteiger charge is -2.53. The van der Waals surface area contributed by atoms with E-state index >= 15 is 0 Å². The smallest absolute Gasteiger partial charge is 0.161 e. The van der Waals surface area contributed by atoms with Crippen LogP contribution in [-0.4, -0.2) is 23.9 Å². The molecule has 0 aromatic heterocycles. The highest BCUT2D eigenvalue weighted by atomic mass is 16.5. The zero-order valence-corrected chi connectivity index (χ0v) is 12.9. The number of hydrogen-bond acceptors (Lipinski definition) is 3. The molecule has 2 fully saturated rings. The minimum Gasteiger partial charge on any atom is -0.490 e. The van der Waals surface area contributed by atoms with E-state index in [9.17, 15) is 5.11 Å². The fourth-order valence-electron chi connectivity index (χ4n) is 3.91. The van der Waals surface area contributed by atoms with Crippen molar-refractivity contribution < 1.29 is 14.6 Å². The largest absolute Gasteiger partial charge is 0.490 e. The van der Waals surface area contributed by atoms with Crippen molar-refractivity contribution in [2.45, 2.75) is 64.1 Å². The highest BCUT2D eigenvalue weighted by molar-refractivity contribution is 5.40. The number of aliphatic hydroxyl groups is 1. The van der Waals surface area contributed by atoms with Crippen molar-refractivity contribution >= 4 is 0 Å². The van der Waals surface area contributed by atoms with Crippen molar-refractivity contribution in [1.29, 1.82) is 0 Å². The predicted molar refractivity (Wildman–Crippen MR) is 82.8 cm³/mol. The second-order valence-corrected chi connectivity index (χ2v) is 6.39. The van der Waals surface area contributed by atoms with Crippen LogP contribution < -0.4 is 9.47 Å². The highest BCUT2D eigenvalue weighted by Gasteiger charge is 2.55. The molecule has 1 N–H and O–H groups in total. The molecule has 116 valence electrons. The average Bonchev–Trinajstić information content (AvgIpc) is 2.77. The Labute approximate surface area is 127 Å². The molecule has 0 bridgehead atoms. The lowest BCUT2D eigenvalue weighted by atomic mass is 9.59. The normalized spacial score (nSPS) is 27.7. The molecule has 2 saturated carbocycles. The average molecular weight is 290 g/mol. The molecule has 0 aliphatic heterocycles. The summed E-state index contributed by atoms with van der Waals surface area (Å²) in [4.78, 5) is 0. The van der Waals surface area contributed by atoms with E-state index in [0.717, 1.165) is 30.8 Å². The third-order valence-electron chi connectivity index (χ3n) is 5.19. The number of hydrogen-bond donors (Lipinski definition) is 1. The molecule has 2 aliphatic carbocycles. The van der Waals surface area contributed by atoms with Crippen LogP contribution in [0.3, 0.4) is 0 Å². The minimum atomic E-state index is -0.195. The fourth-order valence-corrected chi connectivity index (χ4v) is 3.91. The van der Waals surface area contributed by atoms with Gasteiger partial charge in [-0.25, -0.2) is 0 Å². The standard InChI is InChI=1S/C18H26O3/c1-2-20-14-9-5-6-10-15(14)21-17-13-16(19)18(17)11-7-3-4-8-12-18/h5-6,9-10,16-17,19H,2-4,7-8,11-13H2,1H3. The van der Waals surface area contributed by atoms with Gasteiger partial charge in [-0.3, -0.25) is 0 Å². The summed E-state index contributed by atoms with van der Waals surface area (Å²) >= 11 is 0.